The summed E-state index contributed by atoms with van der Waals surface area (Å²) in [6.45, 7) is 2.10. The van der Waals surface area contributed by atoms with Crippen LogP contribution in [0.1, 0.15) is 34.5 Å². The summed E-state index contributed by atoms with van der Waals surface area (Å²) < 4.78 is 26.8. The Morgan fingerprint density at radius 2 is 1.51 bits per heavy atom. The van der Waals surface area contributed by atoms with Crippen LogP contribution in [0.4, 0.5) is 33.6 Å². The Labute approximate surface area is 416 Å². The minimum absolute atomic E-state index is 0.00372. The number of hydrogen-bond acceptors (Lipinski definition) is 19. The van der Waals surface area contributed by atoms with Crippen molar-refractivity contribution in [2.45, 2.75) is 25.4 Å². The number of ketones is 1. The molecule has 1 atom stereocenters. The fourth-order valence-corrected chi connectivity index (χ4v) is 7.66. The molecule has 0 aliphatic heterocycles. The number of carbonyl (C=O) groups is 6. The minimum Gasteiger partial charge on any atom is -0.484 e. The highest BCUT2D eigenvalue weighted by atomic mass is 16.5. The van der Waals surface area contributed by atoms with Crippen LogP contribution in [0, 0.1) is 0 Å². The van der Waals surface area contributed by atoms with Crippen LogP contribution in [-0.4, -0.2) is 151 Å². The Balaban J connectivity index is 0.706. The summed E-state index contributed by atoms with van der Waals surface area (Å²) in [6, 6.07) is 17.3. The van der Waals surface area contributed by atoms with Gasteiger partial charge in [-0.25, -0.2) is 19.6 Å². The largest absolute Gasteiger partial charge is 0.484 e. The Bertz CT molecular complexity index is 2940. The molecule has 0 saturated carbocycles. The number of nitrogens with one attached hydrogen (secondary N) is 4. The van der Waals surface area contributed by atoms with E-state index < -0.39 is 24.0 Å². The predicted octanol–water partition coefficient (Wildman–Crippen LogP) is 2.56. The van der Waals surface area contributed by atoms with Crippen LogP contribution in [0.2, 0.25) is 0 Å². The number of carboxylic acid groups (broad SMARTS) is 1. The van der Waals surface area contributed by atoms with Gasteiger partial charge in [-0.05, 0) is 61.0 Å². The summed E-state index contributed by atoms with van der Waals surface area (Å²) in [6.07, 6.45) is 1.01. The van der Waals surface area contributed by atoms with Gasteiger partial charge in [-0.15, -0.1) is 0 Å². The van der Waals surface area contributed by atoms with Gasteiger partial charge in [0.2, 0.25) is 18.3 Å². The van der Waals surface area contributed by atoms with Crippen molar-refractivity contribution in [2.24, 2.45) is 0 Å². The molecule has 0 spiro atoms. The summed E-state index contributed by atoms with van der Waals surface area (Å²) in [7, 11) is 3.06. The van der Waals surface area contributed by atoms with E-state index >= 15 is 0 Å². The number of benzene rings is 3. The van der Waals surface area contributed by atoms with Gasteiger partial charge in [0.05, 0.1) is 87.7 Å². The smallest absolute Gasteiger partial charge is 0.411 e. The molecule has 1 aliphatic carbocycles. The van der Waals surface area contributed by atoms with E-state index in [-0.39, 0.29) is 101 Å². The van der Waals surface area contributed by atoms with E-state index in [1.807, 2.05) is 11.9 Å². The number of fused-ring (bicyclic) bond motifs is 4. The molecular weight excluding hydrogens is 951 g/mol. The molecule has 3 heterocycles. The number of nitrogens with zero attached hydrogens (tertiary/aromatic N) is 7. The second-order valence-electron chi connectivity index (χ2n) is 16.1. The molecule has 0 bridgehead atoms. The van der Waals surface area contributed by atoms with E-state index in [2.05, 4.69) is 50.8 Å². The number of anilines is 5. The van der Waals surface area contributed by atoms with Crippen molar-refractivity contribution in [3.63, 3.8) is 0 Å². The van der Waals surface area contributed by atoms with E-state index in [4.69, 9.17) is 30.4 Å². The molecule has 25 heteroatoms. The first-order valence-corrected chi connectivity index (χ1v) is 22.8. The van der Waals surface area contributed by atoms with Crippen molar-refractivity contribution >= 4 is 76.1 Å². The van der Waals surface area contributed by atoms with Gasteiger partial charge in [-0.2, -0.15) is 15.1 Å². The van der Waals surface area contributed by atoms with Gasteiger partial charge >= 0.3 is 12.1 Å². The van der Waals surface area contributed by atoms with Crippen LogP contribution in [-0.2, 0) is 44.7 Å². The van der Waals surface area contributed by atoms with Crippen LogP contribution in [0.5, 0.6) is 5.75 Å². The highest BCUT2D eigenvalue weighted by Gasteiger charge is 2.35. The second kappa shape index (κ2) is 24.8. The molecule has 25 nitrogen and oxygen atoms in total. The third kappa shape index (κ3) is 13.3. The lowest BCUT2D eigenvalue weighted by atomic mass is 10.0. The Kier molecular flexibility index (Phi) is 17.7. The van der Waals surface area contributed by atoms with Crippen molar-refractivity contribution in [3.05, 3.63) is 89.7 Å². The number of hydrogen-bond donors (Lipinski definition) is 7. The van der Waals surface area contributed by atoms with Gasteiger partial charge in [0.25, 0.3) is 5.91 Å². The number of nitrogen functional groups attached to an aromatic ring is 2. The quantitative estimate of drug-likeness (QED) is 0.0287. The first-order chi connectivity index (χ1) is 35.3. The average Bonchev–Trinajstić information content (AvgIpc) is 3.95. The molecule has 0 fully saturated rings. The zero-order valence-electron chi connectivity index (χ0n) is 39.8. The molecular formula is C48H53N13O12. The monoisotopic (exact) mass is 1000 g/mol. The number of ether oxygens (including phenoxy) is 5. The highest BCUT2D eigenvalue weighted by Crippen LogP contribution is 2.43. The molecule has 7 rings (SSSR count). The highest BCUT2D eigenvalue weighted by molar-refractivity contribution is 6.26. The molecule has 0 unspecified atom stereocenters. The van der Waals surface area contributed by atoms with Gasteiger partial charge in [-0.3, -0.25) is 29.6 Å². The van der Waals surface area contributed by atoms with Gasteiger partial charge < -0.3 is 60.7 Å². The first kappa shape index (κ1) is 52.0. The molecule has 0 radical (unpaired) electrons. The van der Waals surface area contributed by atoms with Crippen molar-refractivity contribution in [1.29, 1.82) is 0 Å². The van der Waals surface area contributed by atoms with Gasteiger partial charge in [0.15, 0.2) is 29.4 Å². The van der Waals surface area contributed by atoms with Crippen LogP contribution in [0.15, 0.2) is 72.9 Å². The second-order valence-corrected chi connectivity index (χ2v) is 16.1. The SMILES string of the molecule is COC(=O)Nc1cccc2c1C(=O)c1c(-c3ccc(OCC(=O)NCCOCCOCCOCCNC(=O)CC[C@@H](C(=O)O)N(C=O)c4ccc(N(C)Cc5cnc6nc(N)nc(N)c6n5)cc4)cc3)n[nH]c1-2. The summed E-state index contributed by atoms with van der Waals surface area (Å²) in [5.41, 5.74) is 17.1. The van der Waals surface area contributed by atoms with Crippen molar-refractivity contribution in [2.75, 3.05) is 100 Å². The van der Waals surface area contributed by atoms with Crippen molar-refractivity contribution in [3.8, 4) is 28.3 Å². The topological polar surface area (TPSA) is 344 Å². The molecule has 9 N–H and O–H groups in total. The first-order valence-electron chi connectivity index (χ1n) is 22.8. The number of carbonyl (C=O) groups excluding carboxylic acids is 5. The number of aromatic amines is 1. The summed E-state index contributed by atoms with van der Waals surface area (Å²) in [5.74, 6) is -1.75. The number of aliphatic carboxylic acids is 1. The van der Waals surface area contributed by atoms with E-state index in [0.29, 0.717) is 74.9 Å². The third-order valence-electron chi connectivity index (χ3n) is 11.2. The van der Waals surface area contributed by atoms with Crippen LogP contribution >= 0.6 is 0 Å². The third-order valence-corrected chi connectivity index (χ3v) is 11.2. The number of nitrogens with two attached hydrogens (primary N) is 2. The predicted molar refractivity (Wildman–Crippen MR) is 265 cm³/mol. The fourth-order valence-electron chi connectivity index (χ4n) is 7.66. The average molecular weight is 1000 g/mol. The zero-order valence-corrected chi connectivity index (χ0v) is 39.8. The van der Waals surface area contributed by atoms with E-state index in [0.717, 1.165) is 10.6 Å². The van der Waals surface area contributed by atoms with Crippen LogP contribution < -0.4 is 42.0 Å². The Hall–Kier alpha value is -8.81. The summed E-state index contributed by atoms with van der Waals surface area (Å²) in [5, 5.41) is 25.2. The number of rotatable bonds is 27. The maximum atomic E-state index is 13.5. The van der Waals surface area contributed by atoms with Crippen LogP contribution in [0.3, 0.4) is 0 Å². The van der Waals surface area contributed by atoms with Crippen LogP contribution in [0.25, 0.3) is 33.7 Å². The van der Waals surface area contributed by atoms with Gasteiger partial charge in [0.1, 0.15) is 17.5 Å². The standard InChI is InChI=1S/C48H53N13O12/c1-60(25-29-24-53-45-42(54-29)44(49)56-47(50)57-45)30-8-10-31(11-9-30)61(27-62)35(46(66)67)14-15-36(63)51-16-18-70-20-22-72-23-21-71-19-17-52-37(64)26-73-32-12-6-28(7-13-32)40-39-41(59-58-40)33-4-3-5-34(38(33)43(39)65)55-48(68)69-2/h3-13,24,27,35H,14-23,25-26H2,1-2H3,(H,51,63)(H,52,64)(H,55,68)(H,58,59)(H,66,67)(H4,49,50,53,56,57)/t35-/m0/s1. The minimum atomic E-state index is -1.29. The normalized spacial score (nSPS) is 11.8. The Morgan fingerprint density at radius 3 is 2.18 bits per heavy atom. The lowest BCUT2D eigenvalue weighted by molar-refractivity contribution is -0.139. The van der Waals surface area contributed by atoms with Crippen molar-refractivity contribution in [1.82, 2.24) is 40.8 Å². The van der Waals surface area contributed by atoms with Gasteiger partial charge in [-0.1, -0.05) is 12.1 Å². The summed E-state index contributed by atoms with van der Waals surface area (Å²) in [4.78, 5) is 94.2. The molecule has 73 heavy (non-hydrogen) atoms. The lowest BCUT2D eigenvalue weighted by Crippen LogP contribution is -2.41. The zero-order chi connectivity index (χ0) is 51.9. The molecule has 3 aromatic carbocycles. The molecule has 1 aliphatic rings. The fraction of sp³-hybridized carbons (Fsp3) is 0.312. The number of amides is 4. The molecule has 3 aromatic heterocycles. The molecule has 6 aromatic rings. The maximum absolute atomic E-state index is 13.5. The number of methoxy groups -OCH3 is 1. The maximum Gasteiger partial charge on any atom is 0.411 e. The number of carboxylic acids is 1. The van der Waals surface area contributed by atoms with E-state index in [9.17, 15) is 33.9 Å². The summed E-state index contributed by atoms with van der Waals surface area (Å²) >= 11 is 0. The molecule has 0 saturated heterocycles. The van der Waals surface area contributed by atoms with Gasteiger partial charge in [0, 0.05) is 49.1 Å². The van der Waals surface area contributed by atoms with E-state index in [1.54, 1.807) is 72.9 Å². The van der Waals surface area contributed by atoms with E-state index in [1.165, 1.54) is 7.11 Å². The number of aromatic nitrogens is 6. The molecule has 382 valence electrons. The number of H-pyrrole nitrogens is 1. The Morgan fingerprint density at radius 1 is 0.836 bits per heavy atom. The lowest BCUT2D eigenvalue weighted by Gasteiger charge is -2.26. The molecule has 4 amide bonds. The van der Waals surface area contributed by atoms with Crippen molar-refractivity contribution < 1.29 is 57.6 Å².